The van der Waals surface area contributed by atoms with E-state index in [1.807, 2.05) is 24.3 Å². The molecule has 4 rings (SSSR count). The Labute approximate surface area is 172 Å². The summed E-state index contributed by atoms with van der Waals surface area (Å²) in [6.45, 7) is 2.08. The van der Waals surface area contributed by atoms with Gasteiger partial charge in [-0.3, -0.25) is 5.21 Å². The Morgan fingerprint density at radius 1 is 0.967 bits per heavy atom. The maximum Gasteiger partial charge on any atom is 0.335 e. The molecule has 0 spiro atoms. The van der Waals surface area contributed by atoms with Crippen molar-refractivity contribution in [3.8, 4) is 5.75 Å². The third-order valence-corrected chi connectivity index (χ3v) is 4.58. The van der Waals surface area contributed by atoms with Crippen molar-refractivity contribution < 1.29 is 19.8 Å². The van der Waals surface area contributed by atoms with Gasteiger partial charge in [0.1, 0.15) is 18.2 Å². The fourth-order valence-electron chi connectivity index (χ4n) is 3.05. The van der Waals surface area contributed by atoms with Crippen molar-refractivity contribution in [3.05, 3.63) is 89.7 Å². The minimum absolute atomic E-state index is 0.235. The highest BCUT2D eigenvalue weighted by Crippen LogP contribution is 2.29. The highest BCUT2D eigenvalue weighted by atomic mass is 16.5. The van der Waals surface area contributed by atoms with Crippen molar-refractivity contribution in [1.29, 1.82) is 0 Å². The van der Waals surface area contributed by atoms with Crippen molar-refractivity contribution in [2.24, 2.45) is 0 Å². The van der Waals surface area contributed by atoms with E-state index in [1.54, 1.807) is 55.5 Å². The molecule has 7 heteroatoms. The van der Waals surface area contributed by atoms with Gasteiger partial charge in [0.2, 0.25) is 0 Å². The van der Waals surface area contributed by atoms with Crippen molar-refractivity contribution in [2.45, 2.75) is 13.5 Å². The maximum atomic E-state index is 10.9. The molecule has 1 aromatic heterocycles. The standard InChI is InChI=1S/C23H19N3O4/c1-15-24-21-5-3-2-4-20(21)22(25-15)26(29)18-10-12-19(13-11-18)30-14-16-6-8-17(9-7-16)23(27)28/h2-13,29H,14H2,1H3,(H,27,28). The molecule has 0 fully saturated rings. The van der Waals surface area contributed by atoms with E-state index >= 15 is 0 Å². The van der Waals surface area contributed by atoms with Crippen LogP contribution in [-0.2, 0) is 6.61 Å². The Balaban J connectivity index is 1.49. The average molecular weight is 401 g/mol. The molecule has 0 aliphatic rings. The number of benzene rings is 3. The number of aryl methyl sites for hydroxylation is 1. The Morgan fingerprint density at radius 2 is 1.67 bits per heavy atom. The zero-order valence-corrected chi connectivity index (χ0v) is 16.2. The minimum atomic E-state index is -0.960. The lowest BCUT2D eigenvalue weighted by Gasteiger charge is -2.18. The van der Waals surface area contributed by atoms with Crippen molar-refractivity contribution >= 4 is 28.4 Å². The number of carboxylic acid groups (broad SMARTS) is 1. The van der Waals surface area contributed by atoms with Crippen LogP contribution in [0.5, 0.6) is 5.75 Å². The van der Waals surface area contributed by atoms with E-state index in [-0.39, 0.29) is 5.56 Å². The van der Waals surface area contributed by atoms with Crippen molar-refractivity contribution in [1.82, 2.24) is 9.97 Å². The molecule has 150 valence electrons. The van der Waals surface area contributed by atoms with Crippen LogP contribution in [0.15, 0.2) is 72.8 Å². The minimum Gasteiger partial charge on any atom is -0.489 e. The molecular weight excluding hydrogens is 382 g/mol. The van der Waals surface area contributed by atoms with E-state index < -0.39 is 5.97 Å². The number of carbonyl (C=O) groups is 1. The zero-order valence-electron chi connectivity index (χ0n) is 16.2. The quantitative estimate of drug-likeness (QED) is 0.450. The molecule has 7 nitrogen and oxygen atoms in total. The first-order chi connectivity index (χ1) is 14.5. The molecule has 0 aliphatic carbocycles. The number of para-hydroxylation sites is 1. The fraction of sp³-hybridized carbons (Fsp3) is 0.0870. The van der Waals surface area contributed by atoms with Crippen LogP contribution in [0.3, 0.4) is 0 Å². The van der Waals surface area contributed by atoms with Crippen LogP contribution < -0.4 is 9.80 Å². The van der Waals surface area contributed by atoms with Gasteiger partial charge in [0, 0.05) is 5.39 Å². The van der Waals surface area contributed by atoms with Gasteiger partial charge >= 0.3 is 5.97 Å². The molecule has 0 unspecified atom stereocenters. The summed E-state index contributed by atoms with van der Waals surface area (Å²) in [5.41, 5.74) is 2.39. The lowest BCUT2D eigenvalue weighted by Crippen LogP contribution is -2.13. The predicted octanol–water partition coefficient (Wildman–Crippen LogP) is 4.74. The Hall–Kier alpha value is -3.97. The van der Waals surface area contributed by atoms with Gasteiger partial charge in [-0.25, -0.2) is 19.8 Å². The molecule has 3 aromatic carbocycles. The van der Waals surface area contributed by atoms with Crippen LogP contribution in [-0.4, -0.2) is 26.3 Å². The van der Waals surface area contributed by atoms with Crippen LogP contribution in [0, 0.1) is 6.92 Å². The molecule has 4 aromatic rings. The van der Waals surface area contributed by atoms with Crippen molar-refractivity contribution in [3.63, 3.8) is 0 Å². The van der Waals surface area contributed by atoms with Gasteiger partial charge in [0.05, 0.1) is 16.8 Å². The van der Waals surface area contributed by atoms with Crippen LogP contribution in [0.25, 0.3) is 10.9 Å². The predicted molar refractivity (Wildman–Crippen MR) is 112 cm³/mol. The van der Waals surface area contributed by atoms with E-state index in [0.29, 0.717) is 29.7 Å². The molecule has 0 atom stereocenters. The number of aromatic nitrogens is 2. The summed E-state index contributed by atoms with van der Waals surface area (Å²) in [6, 6.07) is 21.0. The van der Waals surface area contributed by atoms with Crippen LogP contribution in [0.1, 0.15) is 21.7 Å². The molecule has 0 amide bonds. The largest absolute Gasteiger partial charge is 0.489 e. The van der Waals surface area contributed by atoms with Crippen LogP contribution >= 0.6 is 0 Å². The van der Waals surface area contributed by atoms with Gasteiger partial charge in [0.15, 0.2) is 5.82 Å². The van der Waals surface area contributed by atoms with Gasteiger partial charge in [-0.1, -0.05) is 24.3 Å². The first kappa shape index (κ1) is 19.4. The van der Waals surface area contributed by atoms with Crippen LogP contribution in [0.4, 0.5) is 11.5 Å². The molecule has 0 radical (unpaired) electrons. The van der Waals surface area contributed by atoms with Gasteiger partial charge in [-0.2, -0.15) is 0 Å². The fourth-order valence-corrected chi connectivity index (χ4v) is 3.05. The first-order valence-corrected chi connectivity index (χ1v) is 9.29. The third kappa shape index (κ3) is 4.06. The average Bonchev–Trinajstić information content (AvgIpc) is 2.77. The number of hydrogen-bond acceptors (Lipinski definition) is 6. The highest BCUT2D eigenvalue weighted by Gasteiger charge is 2.14. The second-order valence-corrected chi connectivity index (χ2v) is 6.71. The number of carboxylic acids is 1. The van der Waals surface area contributed by atoms with Gasteiger partial charge in [0.25, 0.3) is 0 Å². The van der Waals surface area contributed by atoms with Crippen LogP contribution in [0.2, 0.25) is 0 Å². The number of fused-ring (bicyclic) bond motifs is 1. The summed E-state index contributed by atoms with van der Waals surface area (Å²) in [6.07, 6.45) is 0. The molecular formula is C23H19N3O4. The lowest BCUT2D eigenvalue weighted by atomic mass is 10.1. The number of rotatable bonds is 6. The first-order valence-electron chi connectivity index (χ1n) is 9.29. The summed E-state index contributed by atoms with van der Waals surface area (Å²) in [5.74, 6) is 0.637. The second kappa shape index (κ2) is 8.18. The normalized spacial score (nSPS) is 10.7. The Bertz CT molecular complexity index is 1190. The van der Waals surface area contributed by atoms with Gasteiger partial charge < -0.3 is 9.84 Å². The third-order valence-electron chi connectivity index (χ3n) is 4.58. The maximum absolute atomic E-state index is 10.9. The summed E-state index contributed by atoms with van der Waals surface area (Å²) in [4.78, 5) is 19.7. The summed E-state index contributed by atoms with van der Waals surface area (Å²) >= 11 is 0. The highest BCUT2D eigenvalue weighted by molar-refractivity contribution is 5.90. The smallest absolute Gasteiger partial charge is 0.335 e. The number of anilines is 2. The SMILES string of the molecule is Cc1nc(N(O)c2ccc(OCc3ccc(C(=O)O)cc3)cc2)c2ccccc2n1. The molecule has 0 bridgehead atoms. The van der Waals surface area contributed by atoms with Gasteiger partial charge in [-0.05, 0) is 61.0 Å². The molecule has 1 heterocycles. The summed E-state index contributed by atoms with van der Waals surface area (Å²) in [5, 5.41) is 21.5. The Morgan fingerprint density at radius 3 is 2.37 bits per heavy atom. The summed E-state index contributed by atoms with van der Waals surface area (Å²) in [7, 11) is 0. The topological polar surface area (TPSA) is 95.8 Å². The summed E-state index contributed by atoms with van der Waals surface area (Å²) < 4.78 is 5.75. The molecule has 0 saturated carbocycles. The molecule has 30 heavy (non-hydrogen) atoms. The molecule has 0 aliphatic heterocycles. The second-order valence-electron chi connectivity index (χ2n) is 6.71. The van der Waals surface area contributed by atoms with Crippen molar-refractivity contribution in [2.75, 3.05) is 5.06 Å². The van der Waals surface area contributed by atoms with E-state index in [2.05, 4.69) is 9.97 Å². The Kier molecular flexibility index (Phi) is 5.28. The number of ether oxygens (including phenoxy) is 1. The number of aromatic carboxylic acids is 1. The van der Waals surface area contributed by atoms with E-state index in [9.17, 15) is 10.0 Å². The van der Waals surface area contributed by atoms with E-state index in [0.717, 1.165) is 21.5 Å². The molecule has 2 N–H and O–H groups in total. The van der Waals surface area contributed by atoms with E-state index in [1.165, 1.54) is 0 Å². The lowest BCUT2D eigenvalue weighted by molar-refractivity contribution is 0.0697. The van der Waals surface area contributed by atoms with E-state index in [4.69, 9.17) is 9.84 Å². The number of hydrogen-bond donors (Lipinski definition) is 2. The molecule has 0 saturated heterocycles. The number of nitrogens with zero attached hydrogens (tertiary/aromatic N) is 3. The zero-order chi connectivity index (χ0) is 21.1. The monoisotopic (exact) mass is 401 g/mol. The van der Waals surface area contributed by atoms with Gasteiger partial charge in [-0.15, -0.1) is 0 Å².